The van der Waals surface area contributed by atoms with Crippen LogP contribution in [0.4, 0.5) is 10.5 Å². The Morgan fingerprint density at radius 1 is 1.03 bits per heavy atom. The average molecular weight is 494 g/mol. The lowest BCUT2D eigenvalue weighted by atomic mass is 10.1. The standard InChI is InChI=1S/C25H24ClN5O4/c1-16-3-12-21(34-16)15-27-23(32)17-4-6-18(7-5-17)24-29-22(30-35-24)13-14-31(2)25(33)28-20-10-8-19(26)9-11-20/h3-12H,13-15H2,1-2H3,(H,27,32)(H,28,33). The van der Waals surface area contributed by atoms with Crippen molar-refractivity contribution in [3.8, 4) is 11.5 Å². The van der Waals surface area contributed by atoms with Crippen molar-refractivity contribution >= 4 is 29.2 Å². The van der Waals surface area contributed by atoms with Crippen LogP contribution in [-0.4, -0.2) is 40.6 Å². The lowest BCUT2D eigenvalue weighted by Gasteiger charge is -2.17. The summed E-state index contributed by atoms with van der Waals surface area (Å²) >= 11 is 5.86. The molecule has 2 aromatic carbocycles. The van der Waals surface area contributed by atoms with Gasteiger partial charge in [-0.15, -0.1) is 0 Å². The molecule has 0 aliphatic rings. The Bertz CT molecular complexity index is 1300. The zero-order chi connectivity index (χ0) is 24.8. The minimum absolute atomic E-state index is 0.211. The number of nitrogens with one attached hydrogen (secondary N) is 2. The number of amides is 3. The molecule has 0 bridgehead atoms. The highest BCUT2D eigenvalue weighted by Crippen LogP contribution is 2.18. The topological polar surface area (TPSA) is 114 Å². The van der Waals surface area contributed by atoms with E-state index in [0.29, 0.717) is 58.8 Å². The number of anilines is 1. The van der Waals surface area contributed by atoms with Crippen LogP contribution in [0.1, 0.15) is 27.7 Å². The van der Waals surface area contributed by atoms with E-state index in [9.17, 15) is 9.59 Å². The second-order valence-electron chi connectivity index (χ2n) is 7.90. The second-order valence-corrected chi connectivity index (χ2v) is 8.33. The second kappa shape index (κ2) is 10.9. The lowest BCUT2D eigenvalue weighted by molar-refractivity contribution is 0.0948. The number of nitrogens with zero attached hydrogens (tertiary/aromatic N) is 3. The fourth-order valence-corrected chi connectivity index (χ4v) is 3.33. The van der Waals surface area contributed by atoms with Gasteiger partial charge in [-0.3, -0.25) is 4.79 Å². The van der Waals surface area contributed by atoms with E-state index in [1.165, 1.54) is 4.90 Å². The quantitative estimate of drug-likeness (QED) is 0.360. The van der Waals surface area contributed by atoms with Crippen molar-refractivity contribution < 1.29 is 18.5 Å². The molecule has 0 radical (unpaired) electrons. The third-order valence-corrected chi connectivity index (χ3v) is 5.45. The van der Waals surface area contributed by atoms with Gasteiger partial charge in [0.25, 0.3) is 11.8 Å². The number of aromatic nitrogens is 2. The van der Waals surface area contributed by atoms with Crippen molar-refractivity contribution in [2.24, 2.45) is 0 Å². The minimum atomic E-state index is -0.257. The van der Waals surface area contributed by atoms with Crippen LogP contribution in [0.3, 0.4) is 0 Å². The molecule has 3 amide bonds. The maximum atomic E-state index is 12.4. The summed E-state index contributed by atoms with van der Waals surface area (Å²) in [7, 11) is 1.68. The molecular weight excluding hydrogens is 470 g/mol. The van der Waals surface area contributed by atoms with Crippen molar-refractivity contribution in [2.75, 3.05) is 18.9 Å². The van der Waals surface area contributed by atoms with E-state index < -0.39 is 0 Å². The Balaban J connectivity index is 1.28. The number of rotatable bonds is 8. The summed E-state index contributed by atoms with van der Waals surface area (Å²) in [6.07, 6.45) is 0.417. The summed E-state index contributed by atoms with van der Waals surface area (Å²) in [5.74, 6) is 2.09. The molecule has 0 atom stereocenters. The van der Waals surface area contributed by atoms with E-state index in [1.807, 2.05) is 19.1 Å². The van der Waals surface area contributed by atoms with Gasteiger partial charge in [-0.05, 0) is 67.6 Å². The van der Waals surface area contributed by atoms with Crippen LogP contribution in [0.2, 0.25) is 5.02 Å². The van der Waals surface area contributed by atoms with Crippen LogP contribution in [-0.2, 0) is 13.0 Å². The number of furan rings is 1. The van der Waals surface area contributed by atoms with Gasteiger partial charge in [0.05, 0.1) is 6.54 Å². The van der Waals surface area contributed by atoms with E-state index in [4.69, 9.17) is 20.5 Å². The highest BCUT2D eigenvalue weighted by Gasteiger charge is 2.14. The number of aryl methyl sites for hydroxylation is 1. The third kappa shape index (κ3) is 6.48. The normalized spacial score (nSPS) is 10.7. The van der Waals surface area contributed by atoms with Gasteiger partial charge in [0, 0.05) is 41.9 Å². The molecule has 4 rings (SSSR count). The summed E-state index contributed by atoms with van der Waals surface area (Å²) in [6.45, 7) is 2.56. The number of carbonyl (C=O) groups excluding carboxylic acids is 2. The van der Waals surface area contributed by atoms with Crippen molar-refractivity contribution in [1.29, 1.82) is 0 Å². The van der Waals surface area contributed by atoms with Crippen LogP contribution in [0.15, 0.2) is 69.6 Å². The smallest absolute Gasteiger partial charge is 0.321 e. The number of likely N-dealkylation sites (N-methyl/N-ethyl adjacent to an activating group) is 1. The van der Waals surface area contributed by atoms with Gasteiger partial charge in [-0.25, -0.2) is 4.79 Å². The van der Waals surface area contributed by atoms with Gasteiger partial charge in [0.2, 0.25) is 0 Å². The first-order valence-electron chi connectivity index (χ1n) is 10.9. The van der Waals surface area contributed by atoms with Gasteiger partial charge in [-0.2, -0.15) is 4.98 Å². The van der Waals surface area contributed by atoms with Crippen molar-refractivity contribution in [1.82, 2.24) is 20.4 Å². The maximum Gasteiger partial charge on any atom is 0.321 e. The Morgan fingerprint density at radius 2 is 1.77 bits per heavy atom. The maximum absolute atomic E-state index is 12.4. The predicted molar refractivity (Wildman–Crippen MR) is 131 cm³/mol. The molecule has 2 N–H and O–H groups in total. The van der Waals surface area contributed by atoms with Crippen molar-refractivity contribution in [2.45, 2.75) is 19.9 Å². The van der Waals surface area contributed by atoms with Crippen LogP contribution >= 0.6 is 11.6 Å². The molecule has 0 spiro atoms. The van der Waals surface area contributed by atoms with E-state index in [0.717, 1.165) is 5.76 Å². The monoisotopic (exact) mass is 493 g/mol. The molecule has 4 aromatic rings. The van der Waals surface area contributed by atoms with Gasteiger partial charge in [-0.1, -0.05) is 16.8 Å². The van der Waals surface area contributed by atoms with Crippen molar-refractivity contribution in [3.05, 3.63) is 88.6 Å². The molecule has 2 heterocycles. The van der Waals surface area contributed by atoms with Crippen molar-refractivity contribution in [3.63, 3.8) is 0 Å². The number of hydrogen-bond acceptors (Lipinski definition) is 6. The van der Waals surface area contributed by atoms with Gasteiger partial charge in [0.1, 0.15) is 11.5 Å². The van der Waals surface area contributed by atoms with E-state index in [1.54, 1.807) is 55.6 Å². The number of carbonyl (C=O) groups is 2. The molecule has 180 valence electrons. The SMILES string of the molecule is Cc1ccc(CNC(=O)c2ccc(-c3nc(CCN(C)C(=O)Nc4ccc(Cl)cc4)no3)cc2)o1. The molecule has 0 aliphatic carbocycles. The summed E-state index contributed by atoms with van der Waals surface area (Å²) in [4.78, 5) is 30.6. The highest BCUT2D eigenvalue weighted by molar-refractivity contribution is 6.30. The van der Waals surface area contributed by atoms with E-state index >= 15 is 0 Å². The number of urea groups is 1. The minimum Gasteiger partial charge on any atom is -0.465 e. The molecule has 9 nitrogen and oxygen atoms in total. The van der Waals surface area contributed by atoms with Gasteiger partial charge >= 0.3 is 6.03 Å². The molecule has 2 aromatic heterocycles. The van der Waals surface area contributed by atoms with Crippen LogP contribution in [0.5, 0.6) is 0 Å². The van der Waals surface area contributed by atoms with E-state index in [2.05, 4.69) is 20.8 Å². The Morgan fingerprint density at radius 3 is 2.46 bits per heavy atom. The summed E-state index contributed by atoms with van der Waals surface area (Å²) in [6, 6.07) is 17.2. The number of halogens is 1. The Hall–Kier alpha value is -4.11. The first-order valence-corrected chi connectivity index (χ1v) is 11.3. The summed E-state index contributed by atoms with van der Waals surface area (Å²) in [5, 5.41) is 10.2. The van der Waals surface area contributed by atoms with Gasteiger partial charge < -0.3 is 24.5 Å². The number of hydrogen-bond donors (Lipinski definition) is 2. The number of benzene rings is 2. The average Bonchev–Trinajstić information content (AvgIpc) is 3.51. The summed E-state index contributed by atoms with van der Waals surface area (Å²) < 4.78 is 10.8. The highest BCUT2D eigenvalue weighted by atomic mass is 35.5. The zero-order valence-corrected chi connectivity index (χ0v) is 20.0. The third-order valence-electron chi connectivity index (χ3n) is 5.19. The zero-order valence-electron chi connectivity index (χ0n) is 19.2. The lowest BCUT2D eigenvalue weighted by Crippen LogP contribution is -2.33. The van der Waals surface area contributed by atoms with E-state index in [-0.39, 0.29) is 11.9 Å². The molecule has 0 aliphatic heterocycles. The molecule has 0 unspecified atom stereocenters. The molecule has 0 fully saturated rings. The Kier molecular flexibility index (Phi) is 7.47. The fourth-order valence-electron chi connectivity index (χ4n) is 3.21. The Labute approximate surface area is 207 Å². The molecule has 10 heteroatoms. The van der Waals surface area contributed by atoms with Crippen LogP contribution in [0.25, 0.3) is 11.5 Å². The van der Waals surface area contributed by atoms with Crippen LogP contribution < -0.4 is 10.6 Å². The molecule has 0 saturated heterocycles. The molecular formula is C25H24ClN5O4. The first-order chi connectivity index (χ1) is 16.9. The predicted octanol–water partition coefficient (Wildman–Crippen LogP) is 4.93. The largest absolute Gasteiger partial charge is 0.465 e. The summed E-state index contributed by atoms with van der Waals surface area (Å²) in [5.41, 5.74) is 1.85. The van der Waals surface area contributed by atoms with Crippen LogP contribution in [0, 0.1) is 6.92 Å². The molecule has 35 heavy (non-hydrogen) atoms. The first kappa shape index (κ1) is 24.0. The fraction of sp³-hybridized carbons (Fsp3) is 0.200. The van der Waals surface area contributed by atoms with Gasteiger partial charge in [0.15, 0.2) is 5.82 Å². The molecule has 0 saturated carbocycles.